The van der Waals surface area contributed by atoms with Crippen LogP contribution < -0.4 is 10.6 Å². The number of carbonyl (C=O) groups excluding carboxylic acids is 1. The summed E-state index contributed by atoms with van der Waals surface area (Å²) in [5.41, 5.74) is 2.91. The SMILES string of the molecule is CC(C)c1ccccc1NCC(=O)Nc1ccccc1SCC#N. The summed E-state index contributed by atoms with van der Waals surface area (Å²) in [7, 11) is 0. The third-order valence-electron chi connectivity index (χ3n) is 3.48. The summed E-state index contributed by atoms with van der Waals surface area (Å²) in [4.78, 5) is 13.1. The van der Waals surface area contributed by atoms with Crippen molar-refractivity contribution in [3.63, 3.8) is 0 Å². The molecule has 0 aliphatic carbocycles. The molecule has 2 aromatic rings. The van der Waals surface area contributed by atoms with E-state index in [0.717, 1.165) is 16.3 Å². The van der Waals surface area contributed by atoms with Crippen LogP contribution >= 0.6 is 11.8 Å². The van der Waals surface area contributed by atoms with E-state index in [2.05, 4.69) is 36.6 Å². The molecule has 24 heavy (non-hydrogen) atoms. The van der Waals surface area contributed by atoms with Crippen molar-refractivity contribution < 1.29 is 4.79 Å². The highest BCUT2D eigenvalue weighted by molar-refractivity contribution is 7.99. The second-order valence-corrected chi connectivity index (χ2v) is 6.60. The third-order valence-corrected chi connectivity index (χ3v) is 4.42. The van der Waals surface area contributed by atoms with Crippen LogP contribution in [0.1, 0.15) is 25.3 Å². The van der Waals surface area contributed by atoms with Crippen LogP contribution in [0.15, 0.2) is 53.4 Å². The van der Waals surface area contributed by atoms with Crippen molar-refractivity contribution in [1.82, 2.24) is 0 Å². The number of carbonyl (C=O) groups is 1. The standard InChI is InChI=1S/C19H21N3OS/c1-14(2)15-7-3-4-8-16(15)21-13-19(23)22-17-9-5-6-10-18(17)24-12-11-20/h3-10,14,21H,12-13H2,1-2H3,(H,22,23). The molecular formula is C19H21N3OS. The Morgan fingerprint density at radius 2 is 1.79 bits per heavy atom. The van der Waals surface area contributed by atoms with Gasteiger partial charge in [-0.3, -0.25) is 4.79 Å². The molecule has 124 valence electrons. The van der Waals surface area contributed by atoms with E-state index < -0.39 is 0 Å². The minimum absolute atomic E-state index is 0.112. The molecule has 0 aliphatic heterocycles. The lowest BCUT2D eigenvalue weighted by atomic mass is 10.0. The van der Waals surface area contributed by atoms with Gasteiger partial charge in [0, 0.05) is 10.6 Å². The van der Waals surface area contributed by atoms with Gasteiger partial charge < -0.3 is 10.6 Å². The number of rotatable bonds is 7. The molecule has 2 N–H and O–H groups in total. The number of nitrogens with one attached hydrogen (secondary N) is 2. The fourth-order valence-electron chi connectivity index (χ4n) is 2.34. The van der Waals surface area contributed by atoms with Crippen LogP contribution in [0.4, 0.5) is 11.4 Å². The van der Waals surface area contributed by atoms with Crippen LogP contribution in [-0.4, -0.2) is 18.2 Å². The highest BCUT2D eigenvalue weighted by atomic mass is 32.2. The molecule has 0 atom stereocenters. The Kier molecular flexibility index (Phi) is 6.71. The first-order valence-electron chi connectivity index (χ1n) is 7.83. The van der Waals surface area contributed by atoms with Crippen molar-refractivity contribution in [3.05, 3.63) is 54.1 Å². The molecule has 0 aromatic heterocycles. The first-order chi connectivity index (χ1) is 11.6. The highest BCUT2D eigenvalue weighted by Crippen LogP contribution is 2.27. The number of nitriles is 1. The zero-order valence-electron chi connectivity index (χ0n) is 13.9. The van der Waals surface area contributed by atoms with E-state index in [1.165, 1.54) is 17.3 Å². The molecule has 5 heteroatoms. The smallest absolute Gasteiger partial charge is 0.243 e. The molecule has 0 saturated heterocycles. The summed E-state index contributed by atoms with van der Waals surface area (Å²) in [6.07, 6.45) is 0. The normalized spacial score (nSPS) is 10.2. The molecule has 1 amide bonds. The van der Waals surface area contributed by atoms with Crippen LogP contribution in [0.5, 0.6) is 0 Å². The van der Waals surface area contributed by atoms with Gasteiger partial charge in [0.1, 0.15) is 0 Å². The zero-order valence-corrected chi connectivity index (χ0v) is 14.7. The molecule has 4 nitrogen and oxygen atoms in total. The number of anilines is 2. The minimum Gasteiger partial charge on any atom is -0.376 e. The second-order valence-electron chi connectivity index (χ2n) is 5.59. The topological polar surface area (TPSA) is 64.9 Å². The summed E-state index contributed by atoms with van der Waals surface area (Å²) in [5, 5.41) is 14.8. The Bertz CT molecular complexity index is 737. The van der Waals surface area contributed by atoms with Crippen molar-refractivity contribution in [2.24, 2.45) is 0 Å². The largest absolute Gasteiger partial charge is 0.376 e. The Morgan fingerprint density at radius 1 is 1.12 bits per heavy atom. The number of nitrogens with zero attached hydrogens (tertiary/aromatic N) is 1. The van der Waals surface area contributed by atoms with E-state index in [4.69, 9.17) is 5.26 Å². The van der Waals surface area contributed by atoms with Gasteiger partial charge in [0.2, 0.25) is 5.91 Å². The molecule has 0 radical (unpaired) electrons. The number of hydrogen-bond donors (Lipinski definition) is 2. The lowest BCUT2D eigenvalue weighted by Crippen LogP contribution is -2.22. The quantitative estimate of drug-likeness (QED) is 0.730. The minimum atomic E-state index is -0.112. The van der Waals surface area contributed by atoms with Crippen LogP contribution in [0.25, 0.3) is 0 Å². The molecule has 0 unspecified atom stereocenters. The maximum atomic E-state index is 12.2. The van der Waals surface area contributed by atoms with Crippen molar-refractivity contribution in [3.8, 4) is 6.07 Å². The molecule has 0 bridgehead atoms. The third kappa shape index (κ3) is 5.04. The summed E-state index contributed by atoms with van der Waals surface area (Å²) >= 11 is 1.41. The number of para-hydroxylation sites is 2. The van der Waals surface area contributed by atoms with Crippen molar-refractivity contribution in [1.29, 1.82) is 5.26 Å². The van der Waals surface area contributed by atoms with E-state index in [9.17, 15) is 4.79 Å². The Labute approximate surface area is 147 Å². The number of amides is 1. The van der Waals surface area contributed by atoms with Gasteiger partial charge in [0.15, 0.2) is 0 Å². The number of benzene rings is 2. The van der Waals surface area contributed by atoms with Crippen molar-refractivity contribution >= 4 is 29.0 Å². The summed E-state index contributed by atoms with van der Waals surface area (Å²) < 4.78 is 0. The Morgan fingerprint density at radius 3 is 2.50 bits per heavy atom. The lowest BCUT2D eigenvalue weighted by Gasteiger charge is -2.15. The van der Waals surface area contributed by atoms with Gasteiger partial charge in [-0.05, 0) is 29.7 Å². The predicted molar refractivity (Wildman–Crippen MR) is 100 cm³/mol. The van der Waals surface area contributed by atoms with Gasteiger partial charge in [-0.2, -0.15) is 5.26 Å². The fraction of sp³-hybridized carbons (Fsp3) is 0.263. The van der Waals surface area contributed by atoms with Crippen LogP contribution in [0.2, 0.25) is 0 Å². The molecule has 2 rings (SSSR count). The van der Waals surface area contributed by atoms with E-state index >= 15 is 0 Å². The Hall–Kier alpha value is -2.45. The maximum Gasteiger partial charge on any atom is 0.243 e. The summed E-state index contributed by atoms with van der Waals surface area (Å²) in [6, 6.07) is 17.6. The van der Waals surface area contributed by atoms with Gasteiger partial charge in [0.05, 0.1) is 24.1 Å². The van der Waals surface area contributed by atoms with E-state index in [0.29, 0.717) is 11.7 Å². The molecule has 2 aromatic carbocycles. The van der Waals surface area contributed by atoms with E-state index in [-0.39, 0.29) is 12.5 Å². The molecular weight excluding hydrogens is 318 g/mol. The van der Waals surface area contributed by atoms with Crippen LogP contribution in [-0.2, 0) is 4.79 Å². The van der Waals surface area contributed by atoms with Gasteiger partial charge >= 0.3 is 0 Å². The summed E-state index contributed by atoms with van der Waals surface area (Å²) in [6.45, 7) is 4.45. The molecule has 0 aliphatic rings. The van der Waals surface area contributed by atoms with Crippen LogP contribution in [0.3, 0.4) is 0 Å². The Balaban J connectivity index is 1.99. The number of thioether (sulfide) groups is 1. The van der Waals surface area contributed by atoms with Crippen molar-refractivity contribution in [2.75, 3.05) is 22.9 Å². The first kappa shape index (κ1) is 17.9. The van der Waals surface area contributed by atoms with E-state index in [1.807, 2.05) is 42.5 Å². The zero-order chi connectivity index (χ0) is 17.4. The van der Waals surface area contributed by atoms with Crippen LogP contribution in [0, 0.1) is 11.3 Å². The maximum absolute atomic E-state index is 12.2. The number of hydrogen-bond acceptors (Lipinski definition) is 4. The molecule has 0 spiro atoms. The van der Waals surface area contributed by atoms with Gasteiger partial charge in [0.25, 0.3) is 0 Å². The van der Waals surface area contributed by atoms with Gasteiger partial charge in [-0.25, -0.2) is 0 Å². The lowest BCUT2D eigenvalue weighted by molar-refractivity contribution is -0.114. The highest BCUT2D eigenvalue weighted by Gasteiger charge is 2.09. The second kappa shape index (κ2) is 8.99. The average Bonchev–Trinajstić information content (AvgIpc) is 2.59. The fourth-order valence-corrected chi connectivity index (χ4v) is 3.01. The monoisotopic (exact) mass is 339 g/mol. The van der Waals surface area contributed by atoms with Crippen molar-refractivity contribution in [2.45, 2.75) is 24.7 Å². The van der Waals surface area contributed by atoms with Gasteiger partial charge in [-0.1, -0.05) is 44.2 Å². The first-order valence-corrected chi connectivity index (χ1v) is 8.81. The average molecular weight is 339 g/mol. The van der Waals surface area contributed by atoms with Gasteiger partial charge in [-0.15, -0.1) is 11.8 Å². The molecule has 0 fully saturated rings. The van der Waals surface area contributed by atoms with E-state index in [1.54, 1.807) is 0 Å². The molecule has 0 saturated carbocycles. The predicted octanol–water partition coefficient (Wildman–Crippen LogP) is 4.48. The summed E-state index contributed by atoms with van der Waals surface area (Å²) in [5.74, 6) is 0.630. The molecule has 0 heterocycles.